The molecule has 2 rings (SSSR count). The van der Waals surface area contributed by atoms with Crippen molar-refractivity contribution in [1.82, 2.24) is 4.98 Å². The number of nitrogens with zero attached hydrogens (tertiary/aromatic N) is 2. The number of pyridine rings is 1. The van der Waals surface area contributed by atoms with E-state index >= 15 is 0 Å². The molecule has 4 nitrogen and oxygen atoms in total. The highest BCUT2D eigenvalue weighted by molar-refractivity contribution is 5.47. The number of aliphatic hydroxyl groups is 1. The van der Waals surface area contributed by atoms with E-state index in [1.165, 1.54) is 0 Å². The highest BCUT2D eigenvalue weighted by Gasteiger charge is 2.28. The number of nitrogens with two attached hydrogens (primary N) is 1. The Morgan fingerprint density at radius 3 is 3.00 bits per heavy atom. The van der Waals surface area contributed by atoms with E-state index in [-0.39, 0.29) is 12.1 Å². The predicted molar refractivity (Wildman–Crippen MR) is 60.7 cm³/mol. The van der Waals surface area contributed by atoms with Crippen LogP contribution in [0.2, 0.25) is 0 Å². The van der Waals surface area contributed by atoms with Gasteiger partial charge in [0.05, 0.1) is 24.0 Å². The second-order valence-corrected chi connectivity index (χ2v) is 4.09. The summed E-state index contributed by atoms with van der Waals surface area (Å²) in [6.07, 6.45) is 3.49. The molecule has 2 atom stereocenters. The van der Waals surface area contributed by atoms with Crippen molar-refractivity contribution in [3.8, 4) is 0 Å². The van der Waals surface area contributed by atoms with E-state index in [9.17, 15) is 5.11 Å². The van der Waals surface area contributed by atoms with E-state index in [1.54, 1.807) is 6.20 Å². The van der Waals surface area contributed by atoms with Crippen molar-refractivity contribution in [3.63, 3.8) is 0 Å². The Bertz CT molecular complexity index is 323. The first-order chi connectivity index (χ1) is 7.18. The molecule has 1 fully saturated rings. The van der Waals surface area contributed by atoms with Crippen LogP contribution < -0.4 is 10.6 Å². The molecule has 1 aromatic heterocycles. The maximum absolute atomic E-state index is 9.64. The molecule has 0 radical (unpaired) electrons. The van der Waals surface area contributed by atoms with Gasteiger partial charge < -0.3 is 15.7 Å². The Kier molecular flexibility index (Phi) is 2.77. The fourth-order valence-electron chi connectivity index (χ4n) is 2.15. The number of aromatic nitrogens is 1. The lowest BCUT2D eigenvalue weighted by molar-refractivity contribution is 0.164. The topological polar surface area (TPSA) is 62.4 Å². The molecule has 2 unspecified atom stereocenters. The number of nitrogen functional groups attached to an aromatic ring is 1. The zero-order valence-corrected chi connectivity index (χ0v) is 8.93. The summed E-state index contributed by atoms with van der Waals surface area (Å²) in [7, 11) is 0. The van der Waals surface area contributed by atoms with Gasteiger partial charge in [0.15, 0.2) is 0 Å². The molecule has 0 aromatic carbocycles. The maximum Gasteiger partial charge on any atom is 0.128 e. The molecule has 0 spiro atoms. The monoisotopic (exact) mass is 207 g/mol. The first-order valence-electron chi connectivity index (χ1n) is 5.35. The number of aliphatic hydroxyl groups excluding tert-OH is 1. The van der Waals surface area contributed by atoms with Gasteiger partial charge in [-0.1, -0.05) is 0 Å². The fraction of sp³-hybridized carbons (Fsp3) is 0.545. The summed E-state index contributed by atoms with van der Waals surface area (Å²) >= 11 is 0. The van der Waals surface area contributed by atoms with E-state index < -0.39 is 0 Å². The second-order valence-electron chi connectivity index (χ2n) is 4.09. The van der Waals surface area contributed by atoms with Crippen molar-refractivity contribution in [2.24, 2.45) is 0 Å². The quantitative estimate of drug-likeness (QED) is 0.760. The standard InChI is InChI=1S/C11H17N3O/c1-8(15)10-3-2-6-14(10)11-5-4-9(12)7-13-11/h4-5,7-8,10,15H,2-3,6,12H2,1H3. The predicted octanol–water partition coefficient (Wildman–Crippen LogP) is 1.01. The van der Waals surface area contributed by atoms with Crippen molar-refractivity contribution in [3.05, 3.63) is 18.3 Å². The summed E-state index contributed by atoms with van der Waals surface area (Å²) in [6, 6.07) is 3.96. The Hall–Kier alpha value is -1.29. The van der Waals surface area contributed by atoms with Crippen molar-refractivity contribution in [2.75, 3.05) is 17.2 Å². The summed E-state index contributed by atoms with van der Waals surface area (Å²) in [5.74, 6) is 0.910. The fourth-order valence-corrected chi connectivity index (χ4v) is 2.15. The molecule has 82 valence electrons. The summed E-state index contributed by atoms with van der Waals surface area (Å²) in [4.78, 5) is 6.44. The van der Waals surface area contributed by atoms with Crippen molar-refractivity contribution in [1.29, 1.82) is 0 Å². The van der Waals surface area contributed by atoms with Gasteiger partial charge in [-0.2, -0.15) is 0 Å². The van der Waals surface area contributed by atoms with Crippen LogP contribution in [0.3, 0.4) is 0 Å². The Morgan fingerprint density at radius 1 is 1.60 bits per heavy atom. The van der Waals surface area contributed by atoms with E-state index in [0.29, 0.717) is 5.69 Å². The molecule has 1 aliphatic heterocycles. The van der Waals surface area contributed by atoms with Gasteiger partial charge >= 0.3 is 0 Å². The smallest absolute Gasteiger partial charge is 0.128 e. The summed E-state index contributed by atoms with van der Waals surface area (Å²) < 4.78 is 0. The minimum Gasteiger partial charge on any atom is -0.397 e. The third kappa shape index (κ3) is 2.04. The zero-order valence-electron chi connectivity index (χ0n) is 8.93. The van der Waals surface area contributed by atoms with Gasteiger partial charge in [0, 0.05) is 6.54 Å². The molecule has 1 aromatic rings. The van der Waals surface area contributed by atoms with Gasteiger partial charge in [0.1, 0.15) is 5.82 Å². The van der Waals surface area contributed by atoms with Crippen molar-refractivity contribution in [2.45, 2.75) is 31.9 Å². The summed E-state index contributed by atoms with van der Waals surface area (Å²) in [5, 5.41) is 9.64. The second kappa shape index (κ2) is 4.06. The van der Waals surface area contributed by atoms with Gasteiger partial charge in [-0.3, -0.25) is 0 Å². The Morgan fingerprint density at radius 2 is 2.40 bits per heavy atom. The van der Waals surface area contributed by atoms with Gasteiger partial charge in [0.25, 0.3) is 0 Å². The molecule has 0 bridgehead atoms. The molecular weight excluding hydrogens is 190 g/mol. The van der Waals surface area contributed by atoms with Crippen LogP contribution in [0.15, 0.2) is 18.3 Å². The minimum absolute atomic E-state index is 0.195. The minimum atomic E-state index is -0.313. The third-order valence-electron chi connectivity index (χ3n) is 2.92. The van der Waals surface area contributed by atoms with Crippen LogP contribution in [-0.2, 0) is 0 Å². The molecule has 1 saturated heterocycles. The van der Waals surface area contributed by atoms with Crippen LogP contribution in [0, 0.1) is 0 Å². The number of rotatable bonds is 2. The summed E-state index contributed by atoms with van der Waals surface area (Å²) in [6.45, 7) is 2.80. The average molecular weight is 207 g/mol. The molecule has 1 aliphatic rings. The molecule has 4 heteroatoms. The molecule has 0 amide bonds. The number of anilines is 2. The van der Waals surface area contributed by atoms with Gasteiger partial charge in [0.2, 0.25) is 0 Å². The van der Waals surface area contributed by atoms with Crippen LogP contribution in [0.25, 0.3) is 0 Å². The van der Waals surface area contributed by atoms with Crippen molar-refractivity contribution < 1.29 is 5.11 Å². The first-order valence-corrected chi connectivity index (χ1v) is 5.35. The van der Waals surface area contributed by atoms with Crippen LogP contribution >= 0.6 is 0 Å². The number of hydrogen-bond donors (Lipinski definition) is 2. The van der Waals surface area contributed by atoms with E-state index in [2.05, 4.69) is 9.88 Å². The van der Waals surface area contributed by atoms with Gasteiger partial charge in [-0.15, -0.1) is 0 Å². The third-order valence-corrected chi connectivity index (χ3v) is 2.92. The normalized spacial score (nSPS) is 23.1. The molecule has 0 aliphatic carbocycles. The Balaban J connectivity index is 2.19. The highest BCUT2D eigenvalue weighted by Crippen LogP contribution is 2.25. The van der Waals surface area contributed by atoms with Gasteiger partial charge in [-0.05, 0) is 31.9 Å². The molecular formula is C11H17N3O. The van der Waals surface area contributed by atoms with Crippen LogP contribution in [-0.4, -0.2) is 28.8 Å². The highest BCUT2D eigenvalue weighted by atomic mass is 16.3. The molecule has 0 saturated carbocycles. The largest absolute Gasteiger partial charge is 0.397 e. The molecule has 15 heavy (non-hydrogen) atoms. The van der Waals surface area contributed by atoms with Crippen LogP contribution in [0.1, 0.15) is 19.8 Å². The lowest BCUT2D eigenvalue weighted by atomic mass is 10.1. The summed E-state index contributed by atoms with van der Waals surface area (Å²) in [5.41, 5.74) is 6.26. The lowest BCUT2D eigenvalue weighted by Crippen LogP contribution is -2.37. The SMILES string of the molecule is CC(O)C1CCCN1c1ccc(N)cn1. The van der Waals surface area contributed by atoms with Crippen LogP contribution in [0.4, 0.5) is 11.5 Å². The van der Waals surface area contributed by atoms with Gasteiger partial charge in [-0.25, -0.2) is 4.98 Å². The zero-order chi connectivity index (χ0) is 10.8. The van der Waals surface area contributed by atoms with E-state index in [4.69, 9.17) is 5.73 Å². The lowest BCUT2D eigenvalue weighted by Gasteiger charge is -2.27. The number of hydrogen-bond acceptors (Lipinski definition) is 4. The first kappa shape index (κ1) is 10.2. The average Bonchev–Trinajstić information content (AvgIpc) is 2.67. The molecule has 3 N–H and O–H groups in total. The Labute approximate surface area is 89.7 Å². The molecule has 2 heterocycles. The van der Waals surface area contributed by atoms with Crippen molar-refractivity contribution >= 4 is 11.5 Å². The maximum atomic E-state index is 9.64. The van der Waals surface area contributed by atoms with E-state index in [1.807, 2.05) is 19.1 Å². The van der Waals surface area contributed by atoms with E-state index in [0.717, 1.165) is 25.2 Å². The van der Waals surface area contributed by atoms with Crippen LogP contribution in [0.5, 0.6) is 0 Å².